The van der Waals surface area contributed by atoms with E-state index in [0.29, 0.717) is 17.1 Å². The minimum absolute atomic E-state index is 0.460. The maximum Gasteiger partial charge on any atom is 0.457 e. The van der Waals surface area contributed by atoms with Crippen molar-refractivity contribution in [3.63, 3.8) is 0 Å². The monoisotopic (exact) mass is 430 g/mol. The van der Waals surface area contributed by atoms with Gasteiger partial charge in [-0.15, -0.1) is 0 Å². The molecule has 0 bridgehead atoms. The van der Waals surface area contributed by atoms with Crippen LogP contribution in [0.1, 0.15) is 17.0 Å². The molecule has 0 saturated heterocycles. The van der Waals surface area contributed by atoms with Crippen LogP contribution in [0.4, 0.5) is 5.69 Å². The Kier molecular flexibility index (Phi) is 6.34. The third kappa shape index (κ3) is 5.33. The van der Waals surface area contributed by atoms with Gasteiger partial charge >= 0.3 is 7.60 Å². The second kappa shape index (κ2) is 9.50. The molecule has 31 heavy (non-hydrogen) atoms. The average molecular weight is 430 g/mol. The molecule has 6 heteroatoms. The molecule has 1 N–H and O–H groups in total. The fraction of sp³-hybridized carbons (Fsp3) is 0.0800. The molecule has 4 rings (SSSR count). The van der Waals surface area contributed by atoms with Crippen molar-refractivity contribution in [1.29, 1.82) is 0 Å². The van der Waals surface area contributed by atoms with Gasteiger partial charge < -0.3 is 14.4 Å². The molecule has 0 fully saturated rings. The fourth-order valence-corrected chi connectivity index (χ4v) is 4.96. The molecule has 4 aromatic rings. The van der Waals surface area contributed by atoms with E-state index in [-0.39, 0.29) is 0 Å². The minimum atomic E-state index is -3.83. The summed E-state index contributed by atoms with van der Waals surface area (Å²) in [7, 11) is -3.83. The first-order valence-corrected chi connectivity index (χ1v) is 11.6. The van der Waals surface area contributed by atoms with Crippen LogP contribution in [0.3, 0.4) is 0 Å². The lowest BCUT2D eigenvalue weighted by molar-refractivity contribution is 0.376. The first-order valence-electron chi connectivity index (χ1n) is 9.95. The number of aryl methyl sites for hydroxylation is 1. The minimum Gasteiger partial charge on any atom is -0.414 e. The van der Waals surface area contributed by atoms with Gasteiger partial charge in [0.05, 0.1) is 0 Å². The number of nitrogens with zero attached hydrogens (tertiary/aromatic N) is 1. The summed E-state index contributed by atoms with van der Waals surface area (Å²) in [5, 5.41) is 3.34. The van der Waals surface area contributed by atoms with Crippen LogP contribution in [0, 0.1) is 6.92 Å². The number of anilines is 1. The van der Waals surface area contributed by atoms with Crippen LogP contribution in [0.15, 0.2) is 109 Å². The molecule has 1 heterocycles. The summed E-state index contributed by atoms with van der Waals surface area (Å²) in [5.74, 6) is 0.131. The summed E-state index contributed by atoms with van der Waals surface area (Å²) in [4.78, 5) is 4.40. The van der Waals surface area contributed by atoms with E-state index >= 15 is 0 Å². The molecule has 1 aromatic heterocycles. The molecule has 0 aliphatic heterocycles. The summed E-state index contributed by atoms with van der Waals surface area (Å²) < 4.78 is 26.5. The van der Waals surface area contributed by atoms with Crippen molar-refractivity contribution in [3.8, 4) is 11.5 Å². The van der Waals surface area contributed by atoms with E-state index in [1.807, 2.05) is 85.8 Å². The zero-order chi connectivity index (χ0) is 21.5. The molecule has 0 amide bonds. The van der Waals surface area contributed by atoms with Gasteiger partial charge in [-0.05, 0) is 49.4 Å². The summed E-state index contributed by atoms with van der Waals surface area (Å²) in [5.41, 5.74) is 2.36. The van der Waals surface area contributed by atoms with E-state index in [9.17, 15) is 4.57 Å². The number of para-hydroxylation sites is 3. The highest BCUT2D eigenvalue weighted by molar-refractivity contribution is 7.55. The lowest BCUT2D eigenvalue weighted by Crippen LogP contribution is -2.18. The van der Waals surface area contributed by atoms with E-state index in [4.69, 9.17) is 9.05 Å². The second-order valence-electron chi connectivity index (χ2n) is 6.99. The van der Waals surface area contributed by atoms with Crippen molar-refractivity contribution in [3.05, 3.63) is 121 Å². The van der Waals surface area contributed by atoms with Gasteiger partial charge in [0.25, 0.3) is 0 Å². The Hall–Kier alpha value is -3.56. The Morgan fingerprint density at radius 1 is 0.742 bits per heavy atom. The smallest absolute Gasteiger partial charge is 0.414 e. The maximum absolute atomic E-state index is 14.4. The second-order valence-corrected chi connectivity index (χ2v) is 8.96. The zero-order valence-corrected chi connectivity index (χ0v) is 18.0. The predicted octanol–water partition coefficient (Wildman–Crippen LogP) is 6.85. The topological polar surface area (TPSA) is 60.5 Å². The van der Waals surface area contributed by atoms with Gasteiger partial charge in [0, 0.05) is 23.1 Å². The van der Waals surface area contributed by atoms with Gasteiger partial charge in [0.15, 0.2) is 5.78 Å². The van der Waals surface area contributed by atoms with Crippen molar-refractivity contribution in [2.24, 2.45) is 0 Å². The largest absolute Gasteiger partial charge is 0.457 e. The quantitative estimate of drug-likeness (QED) is 0.310. The lowest BCUT2D eigenvalue weighted by Gasteiger charge is -2.29. The third-order valence-electron chi connectivity index (χ3n) is 4.60. The fourth-order valence-electron chi connectivity index (χ4n) is 3.06. The molecule has 156 valence electrons. The van der Waals surface area contributed by atoms with E-state index in [1.54, 1.807) is 30.5 Å². The highest BCUT2D eigenvalue weighted by Crippen LogP contribution is 2.60. The van der Waals surface area contributed by atoms with Gasteiger partial charge in [0.1, 0.15) is 11.5 Å². The SMILES string of the molecule is Cc1ccc([C@H](Nc2ccccc2)P(=O)(Oc2ccccc2)Oc2ccccc2)cn1. The van der Waals surface area contributed by atoms with E-state index in [0.717, 1.165) is 11.4 Å². The molecule has 0 radical (unpaired) electrons. The van der Waals surface area contributed by atoms with E-state index < -0.39 is 13.4 Å². The number of nitrogens with one attached hydrogen (secondary N) is 1. The number of hydrogen-bond donors (Lipinski definition) is 1. The van der Waals surface area contributed by atoms with Gasteiger partial charge in [-0.25, -0.2) is 4.57 Å². The van der Waals surface area contributed by atoms with Crippen LogP contribution in [-0.2, 0) is 4.57 Å². The van der Waals surface area contributed by atoms with Crippen molar-refractivity contribution < 1.29 is 13.6 Å². The number of hydrogen-bond acceptors (Lipinski definition) is 5. The maximum atomic E-state index is 14.4. The molecule has 5 nitrogen and oxygen atoms in total. The third-order valence-corrected chi connectivity index (χ3v) is 6.59. The Bertz CT molecular complexity index is 1090. The molecule has 3 aromatic carbocycles. The Morgan fingerprint density at radius 2 is 1.26 bits per heavy atom. The van der Waals surface area contributed by atoms with Crippen LogP contribution in [0.25, 0.3) is 0 Å². The molecule has 0 aliphatic rings. The van der Waals surface area contributed by atoms with Gasteiger partial charge in [-0.3, -0.25) is 4.98 Å². The molecule has 0 unspecified atom stereocenters. The van der Waals surface area contributed by atoms with Crippen molar-refractivity contribution >= 4 is 13.3 Å². The molecular weight excluding hydrogens is 407 g/mol. The summed E-state index contributed by atoms with van der Waals surface area (Å²) in [6, 6.07) is 31.4. The van der Waals surface area contributed by atoms with Crippen molar-refractivity contribution in [1.82, 2.24) is 4.98 Å². The summed E-state index contributed by atoms with van der Waals surface area (Å²) in [6.45, 7) is 1.91. The molecule has 0 saturated carbocycles. The first-order chi connectivity index (χ1) is 15.1. The van der Waals surface area contributed by atoms with Crippen LogP contribution in [0.5, 0.6) is 11.5 Å². The molecule has 0 aliphatic carbocycles. The highest BCUT2D eigenvalue weighted by atomic mass is 31.2. The number of pyridine rings is 1. The van der Waals surface area contributed by atoms with Crippen LogP contribution >= 0.6 is 7.60 Å². The van der Waals surface area contributed by atoms with Gasteiger partial charge in [-0.1, -0.05) is 60.7 Å². The zero-order valence-electron chi connectivity index (χ0n) is 17.1. The molecule has 0 spiro atoms. The van der Waals surface area contributed by atoms with Gasteiger partial charge in [0.2, 0.25) is 0 Å². The lowest BCUT2D eigenvalue weighted by atomic mass is 10.2. The van der Waals surface area contributed by atoms with Crippen LogP contribution < -0.4 is 14.4 Å². The summed E-state index contributed by atoms with van der Waals surface area (Å²) in [6.07, 6.45) is 1.70. The Morgan fingerprint density at radius 3 is 1.74 bits per heavy atom. The van der Waals surface area contributed by atoms with Crippen LogP contribution in [-0.4, -0.2) is 4.98 Å². The van der Waals surface area contributed by atoms with Crippen molar-refractivity contribution in [2.75, 3.05) is 5.32 Å². The van der Waals surface area contributed by atoms with Crippen LogP contribution in [0.2, 0.25) is 0 Å². The van der Waals surface area contributed by atoms with Gasteiger partial charge in [-0.2, -0.15) is 0 Å². The normalized spacial score (nSPS) is 12.0. The van der Waals surface area contributed by atoms with E-state index in [2.05, 4.69) is 10.3 Å². The highest BCUT2D eigenvalue weighted by Gasteiger charge is 2.41. The standard InChI is InChI=1S/C25H23N2O3P/c1-20-17-18-21(19-26-20)25(27-22-11-5-2-6-12-22)31(28,29-23-13-7-3-8-14-23)30-24-15-9-4-10-16-24/h2-19,25,27H,1H3/t25-/m1/s1. The average Bonchev–Trinajstić information content (AvgIpc) is 2.80. The Labute approximate surface area is 182 Å². The summed E-state index contributed by atoms with van der Waals surface area (Å²) >= 11 is 0. The number of rotatable bonds is 8. The van der Waals surface area contributed by atoms with Crippen molar-refractivity contribution in [2.45, 2.75) is 12.7 Å². The molecular formula is C25H23N2O3P. The number of aromatic nitrogens is 1. The predicted molar refractivity (Wildman–Crippen MR) is 124 cm³/mol. The van der Waals surface area contributed by atoms with E-state index in [1.165, 1.54) is 0 Å². The molecule has 1 atom stereocenters. The Balaban J connectivity index is 1.79. The first kappa shape index (κ1) is 20.7. The number of benzene rings is 3.